The van der Waals surface area contributed by atoms with Gasteiger partial charge in [0.15, 0.2) is 0 Å². The van der Waals surface area contributed by atoms with Crippen molar-refractivity contribution in [2.24, 2.45) is 0 Å². The lowest BCUT2D eigenvalue weighted by molar-refractivity contribution is -0.116. The van der Waals surface area contributed by atoms with E-state index in [0.29, 0.717) is 11.3 Å². The molecule has 0 saturated carbocycles. The quantitative estimate of drug-likeness (QED) is 0.863. The van der Waals surface area contributed by atoms with E-state index in [0.717, 1.165) is 6.26 Å². The first-order valence-electron chi connectivity index (χ1n) is 6.51. The Labute approximate surface area is 125 Å². The summed E-state index contributed by atoms with van der Waals surface area (Å²) in [4.78, 5) is 11.9. The number of para-hydroxylation sites is 1. The second kappa shape index (κ2) is 7.20. The van der Waals surface area contributed by atoms with Crippen LogP contribution in [0.15, 0.2) is 24.3 Å². The highest BCUT2D eigenvalue weighted by molar-refractivity contribution is 7.88. The molecule has 0 spiro atoms. The number of amides is 1. The molecule has 0 saturated heterocycles. The first-order chi connectivity index (χ1) is 9.75. The van der Waals surface area contributed by atoms with Gasteiger partial charge < -0.3 is 5.32 Å². The van der Waals surface area contributed by atoms with Gasteiger partial charge in [-0.3, -0.25) is 4.79 Å². The van der Waals surface area contributed by atoms with E-state index in [9.17, 15) is 13.2 Å². The average molecular weight is 309 g/mol. The molecule has 6 nitrogen and oxygen atoms in total. The Morgan fingerprint density at radius 1 is 1.38 bits per heavy atom. The van der Waals surface area contributed by atoms with E-state index < -0.39 is 10.0 Å². The van der Waals surface area contributed by atoms with Crippen molar-refractivity contribution in [3.63, 3.8) is 0 Å². The minimum absolute atomic E-state index is 0.0328. The summed E-state index contributed by atoms with van der Waals surface area (Å²) in [6.07, 6.45) is 1.15. The van der Waals surface area contributed by atoms with Crippen LogP contribution >= 0.6 is 0 Å². The molecule has 21 heavy (non-hydrogen) atoms. The van der Waals surface area contributed by atoms with Crippen molar-refractivity contribution < 1.29 is 13.2 Å². The number of carbonyl (C=O) groups is 1. The second-order valence-corrected chi connectivity index (χ2v) is 6.86. The number of nitrogens with zero attached hydrogens (tertiary/aromatic N) is 2. The van der Waals surface area contributed by atoms with Gasteiger partial charge in [-0.15, -0.1) is 0 Å². The van der Waals surface area contributed by atoms with Gasteiger partial charge in [-0.25, -0.2) is 8.42 Å². The normalized spacial score (nSPS) is 11.4. The molecule has 0 aliphatic heterocycles. The van der Waals surface area contributed by atoms with Crippen LogP contribution in [0.1, 0.15) is 25.8 Å². The largest absolute Gasteiger partial charge is 0.325 e. The molecule has 0 fully saturated rings. The van der Waals surface area contributed by atoms with E-state index in [4.69, 9.17) is 5.26 Å². The Hall–Kier alpha value is -1.91. The van der Waals surface area contributed by atoms with Crippen LogP contribution in [0.3, 0.4) is 0 Å². The molecule has 0 atom stereocenters. The summed E-state index contributed by atoms with van der Waals surface area (Å²) in [6.45, 7) is 3.62. The summed E-state index contributed by atoms with van der Waals surface area (Å²) in [5.74, 6) is -0.327. The molecule has 1 amide bonds. The summed E-state index contributed by atoms with van der Waals surface area (Å²) in [7, 11) is -3.34. The smallest absolute Gasteiger partial charge is 0.225 e. The van der Waals surface area contributed by atoms with E-state index in [1.165, 1.54) is 4.31 Å². The molecule has 0 unspecified atom stereocenters. The molecule has 0 aliphatic rings. The zero-order valence-corrected chi connectivity index (χ0v) is 13.1. The Balaban J connectivity index is 2.69. The number of benzene rings is 1. The molecule has 0 bridgehead atoms. The first kappa shape index (κ1) is 17.1. The van der Waals surface area contributed by atoms with Crippen LogP contribution in [-0.2, 0) is 14.8 Å². The molecule has 0 heterocycles. The molecule has 1 aromatic rings. The molecule has 114 valence electrons. The number of rotatable bonds is 6. The molecule has 0 aromatic heterocycles. The fraction of sp³-hybridized carbons (Fsp3) is 0.429. The topological polar surface area (TPSA) is 90.3 Å². The first-order valence-corrected chi connectivity index (χ1v) is 8.36. The third-order valence-corrected chi connectivity index (χ3v) is 4.34. The van der Waals surface area contributed by atoms with Crippen molar-refractivity contribution in [1.82, 2.24) is 4.31 Å². The molecule has 0 aliphatic carbocycles. The number of sulfonamides is 1. The lowest BCUT2D eigenvalue weighted by atomic mass is 10.2. The number of carbonyl (C=O) groups excluding carboxylic acids is 1. The van der Waals surface area contributed by atoms with Gasteiger partial charge in [-0.2, -0.15) is 9.57 Å². The van der Waals surface area contributed by atoms with Gasteiger partial charge in [0.05, 0.1) is 17.5 Å². The van der Waals surface area contributed by atoms with Crippen LogP contribution in [0.5, 0.6) is 0 Å². The lowest BCUT2D eigenvalue weighted by Crippen LogP contribution is -2.38. The zero-order chi connectivity index (χ0) is 16.0. The van der Waals surface area contributed by atoms with E-state index in [-0.39, 0.29) is 24.9 Å². The number of nitrogens with one attached hydrogen (secondary N) is 1. The van der Waals surface area contributed by atoms with Crippen LogP contribution in [0.4, 0.5) is 5.69 Å². The number of nitriles is 1. The molecule has 1 rings (SSSR count). The molecule has 0 radical (unpaired) electrons. The Morgan fingerprint density at radius 3 is 2.52 bits per heavy atom. The fourth-order valence-electron chi connectivity index (χ4n) is 1.92. The van der Waals surface area contributed by atoms with Gasteiger partial charge in [0.2, 0.25) is 15.9 Å². The van der Waals surface area contributed by atoms with E-state index in [1.807, 2.05) is 6.07 Å². The van der Waals surface area contributed by atoms with Gasteiger partial charge >= 0.3 is 0 Å². The SMILES string of the molecule is CC(C)N(CCC(=O)Nc1ccccc1C#N)S(C)(=O)=O. The van der Waals surface area contributed by atoms with Crippen LogP contribution < -0.4 is 5.32 Å². The summed E-state index contributed by atoms with van der Waals surface area (Å²) >= 11 is 0. The predicted octanol–water partition coefficient (Wildman–Crippen LogP) is 1.56. The van der Waals surface area contributed by atoms with Gasteiger partial charge in [0.25, 0.3) is 0 Å². The van der Waals surface area contributed by atoms with Crippen LogP contribution in [0.25, 0.3) is 0 Å². The van der Waals surface area contributed by atoms with Crippen molar-refractivity contribution in [3.05, 3.63) is 29.8 Å². The number of hydrogen-bond donors (Lipinski definition) is 1. The van der Waals surface area contributed by atoms with Gasteiger partial charge in [0.1, 0.15) is 6.07 Å². The molecule has 1 N–H and O–H groups in total. The highest BCUT2D eigenvalue weighted by Crippen LogP contribution is 2.14. The standard InChI is InChI=1S/C14H19N3O3S/c1-11(2)17(21(3,19)20)9-8-14(18)16-13-7-5-4-6-12(13)10-15/h4-7,11H,8-9H2,1-3H3,(H,16,18). The highest BCUT2D eigenvalue weighted by atomic mass is 32.2. The maximum atomic E-state index is 11.9. The van der Waals surface area contributed by atoms with E-state index >= 15 is 0 Å². The van der Waals surface area contributed by atoms with E-state index in [1.54, 1.807) is 38.1 Å². The third kappa shape index (κ3) is 5.17. The molecule has 1 aromatic carbocycles. The van der Waals surface area contributed by atoms with Crippen molar-refractivity contribution in [1.29, 1.82) is 5.26 Å². The third-order valence-electron chi connectivity index (χ3n) is 2.88. The fourth-order valence-corrected chi connectivity index (χ4v) is 3.11. The minimum Gasteiger partial charge on any atom is -0.325 e. The Morgan fingerprint density at radius 2 is 2.00 bits per heavy atom. The Bertz CT molecular complexity index is 648. The monoisotopic (exact) mass is 309 g/mol. The molecule has 7 heteroatoms. The Kier molecular flexibility index (Phi) is 5.88. The van der Waals surface area contributed by atoms with E-state index in [2.05, 4.69) is 5.32 Å². The van der Waals surface area contributed by atoms with Crippen LogP contribution in [-0.4, -0.2) is 37.5 Å². The average Bonchev–Trinajstić information content (AvgIpc) is 2.37. The maximum Gasteiger partial charge on any atom is 0.225 e. The van der Waals surface area contributed by atoms with Gasteiger partial charge in [-0.1, -0.05) is 12.1 Å². The molecular weight excluding hydrogens is 290 g/mol. The zero-order valence-electron chi connectivity index (χ0n) is 12.3. The van der Waals surface area contributed by atoms with Crippen molar-refractivity contribution in [2.45, 2.75) is 26.3 Å². The minimum atomic E-state index is -3.34. The highest BCUT2D eigenvalue weighted by Gasteiger charge is 2.20. The van der Waals surface area contributed by atoms with Crippen molar-refractivity contribution in [2.75, 3.05) is 18.1 Å². The lowest BCUT2D eigenvalue weighted by Gasteiger charge is -2.23. The molecular formula is C14H19N3O3S. The van der Waals surface area contributed by atoms with Gasteiger partial charge in [0, 0.05) is 19.0 Å². The number of hydrogen-bond acceptors (Lipinski definition) is 4. The summed E-state index contributed by atoms with van der Waals surface area (Å²) in [5.41, 5.74) is 0.801. The summed E-state index contributed by atoms with van der Waals surface area (Å²) < 4.78 is 24.5. The van der Waals surface area contributed by atoms with Crippen LogP contribution in [0, 0.1) is 11.3 Å². The van der Waals surface area contributed by atoms with Crippen molar-refractivity contribution >= 4 is 21.6 Å². The van der Waals surface area contributed by atoms with Crippen LogP contribution in [0.2, 0.25) is 0 Å². The van der Waals surface area contributed by atoms with Crippen molar-refractivity contribution in [3.8, 4) is 6.07 Å². The summed E-state index contributed by atoms with van der Waals surface area (Å²) in [6, 6.07) is 8.44. The van der Waals surface area contributed by atoms with Gasteiger partial charge in [-0.05, 0) is 26.0 Å². The summed E-state index contributed by atoms with van der Waals surface area (Å²) in [5, 5.41) is 11.6. The second-order valence-electron chi connectivity index (χ2n) is 4.92. The maximum absolute atomic E-state index is 11.9. The predicted molar refractivity (Wildman–Crippen MR) is 81.1 cm³/mol. The number of anilines is 1.